The molecule has 1 atom stereocenters. The molecule has 0 fully saturated rings. The third-order valence-electron chi connectivity index (χ3n) is 4.73. The number of hydrogen-bond acceptors (Lipinski definition) is 6. The Labute approximate surface area is 238 Å². The van der Waals surface area contributed by atoms with Gasteiger partial charge in [-0.2, -0.15) is 9.90 Å². The van der Waals surface area contributed by atoms with Crippen molar-refractivity contribution in [1.29, 1.82) is 0 Å². The van der Waals surface area contributed by atoms with E-state index in [1.165, 1.54) is 5.56 Å². The first-order chi connectivity index (χ1) is 15.9. The van der Waals surface area contributed by atoms with E-state index in [2.05, 4.69) is 44.0 Å². The number of methoxy groups -OCH3 is 6. The molecule has 0 heterocycles. The number of ether oxygens (including phenoxy) is 6. The summed E-state index contributed by atoms with van der Waals surface area (Å²) in [7, 11) is 9.45. The maximum Gasteiger partial charge on any atom is 0.203 e. The second-order valence-electron chi connectivity index (χ2n) is 6.51. The lowest BCUT2D eigenvalue weighted by molar-refractivity contribution is 0.323. The Hall–Kier alpha value is -1.67. The van der Waals surface area contributed by atoms with Crippen molar-refractivity contribution in [2.75, 3.05) is 42.7 Å². The normalized spacial score (nSPS) is 9.51. The molecule has 3 rings (SSSR count). The number of hydrogen-bond donors (Lipinski definition) is 0. The molecule has 0 N–H and O–H groups in total. The van der Waals surface area contributed by atoms with Crippen molar-refractivity contribution in [3.05, 3.63) is 60.2 Å². The van der Waals surface area contributed by atoms with E-state index in [0.717, 1.165) is 11.1 Å². The van der Waals surface area contributed by atoms with Gasteiger partial charge in [-0.1, -0.05) is 62.2 Å². The van der Waals surface area contributed by atoms with Gasteiger partial charge in [0.25, 0.3) is 0 Å². The molecule has 0 saturated carbocycles. The molecule has 0 saturated heterocycles. The summed E-state index contributed by atoms with van der Waals surface area (Å²) in [5, 5.41) is 0. The molecule has 194 valence electrons. The zero-order valence-corrected chi connectivity index (χ0v) is 26.9. The van der Waals surface area contributed by atoms with Gasteiger partial charge in [-0.3, -0.25) is 0 Å². The summed E-state index contributed by atoms with van der Waals surface area (Å²) in [5.41, 5.74) is 2.90. The van der Waals surface area contributed by atoms with Crippen LogP contribution in [-0.2, 0) is 0 Å². The minimum absolute atomic E-state index is 0. The van der Waals surface area contributed by atoms with E-state index in [1.807, 2.05) is 42.5 Å². The van der Waals surface area contributed by atoms with Crippen LogP contribution in [0.2, 0.25) is 0 Å². The van der Waals surface area contributed by atoms with Crippen LogP contribution in [0.5, 0.6) is 34.5 Å². The fraction of sp³-hybridized carbons (Fsp3) is 0.280. The van der Waals surface area contributed by atoms with Crippen molar-refractivity contribution in [1.82, 2.24) is 0 Å². The van der Waals surface area contributed by atoms with Crippen LogP contribution in [0, 0.1) is 0 Å². The highest BCUT2D eigenvalue weighted by atomic mass is 79.9. The fourth-order valence-electron chi connectivity index (χ4n) is 3.16. The number of rotatable bonds is 8. The summed E-state index contributed by atoms with van der Waals surface area (Å²) in [5.74, 6) is 3.32. The van der Waals surface area contributed by atoms with Crippen molar-refractivity contribution in [2.45, 2.75) is 3.74 Å². The molecule has 0 aliphatic carbocycles. The summed E-state index contributed by atoms with van der Waals surface area (Å²) in [4.78, 5) is 0. The highest BCUT2D eigenvalue weighted by Crippen LogP contribution is 2.48. The van der Waals surface area contributed by atoms with Gasteiger partial charge in [-0.25, -0.2) is 0 Å². The molecule has 0 spiro atoms. The number of alkyl halides is 2. The van der Waals surface area contributed by atoms with Gasteiger partial charge in [0.15, 0.2) is 23.0 Å². The second kappa shape index (κ2) is 16.9. The monoisotopic (exact) mass is 696 g/mol. The van der Waals surface area contributed by atoms with Crippen LogP contribution in [0.1, 0.15) is 9.30 Å². The van der Waals surface area contributed by atoms with Gasteiger partial charge in [-0.15, -0.1) is 17.0 Å². The number of benzene rings is 3. The third-order valence-corrected chi connectivity index (χ3v) is 5.79. The second-order valence-corrected chi connectivity index (χ2v) is 9.57. The van der Waals surface area contributed by atoms with Crippen molar-refractivity contribution >= 4 is 58.7 Å². The molecule has 0 aromatic heterocycles. The van der Waals surface area contributed by atoms with E-state index in [-0.39, 0.29) is 30.6 Å². The number of halogens is 3. The van der Waals surface area contributed by atoms with Gasteiger partial charge < -0.3 is 28.4 Å². The maximum atomic E-state index is 5.55. The van der Waals surface area contributed by atoms with Crippen LogP contribution >= 0.6 is 58.7 Å². The lowest BCUT2D eigenvalue weighted by atomic mass is 10.0. The molecule has 3 aromatic carbocycles. The van der Waals surface area contributed by atoms with E-state index in [0.29, 0.717) is 34.5 Å². The first-order valence-corrected chi connectivity index (χ1v) is 11.7. The van der Waals surface area contributed by atoms with Gasteiger partial charge in [0.05, 0.1) is 46.4 Å². The lowest BCUT2D eigenvalue weighted by Crippen LogP contribution is -1.98. The highest BCUT2D eigenvalue weighted by molar-refractivity contribution is 9.24. The summed E-state index contributed by atoms with van der Waals surface area (Å²) < 4.78 is 32.8. The fourth-order valence-corrected chi connectivity index (χ4v) is 3.77. The molecule has 35 heavy (non-hydrogen) atoms. The Balaban J connectivity index is 0.000000890. The SMILES string of the molecule is Br.BrC(Br)c1ccccc1.COc1cc(-c2ccc(OC)c(OC)c2OC)cc(OC)c1OC.P. The molecular formula is C25H32Br3O6P. The summed E-state index contributed by atoms with van der Waals surface area (Å²) in [6, 6.07) is 17.6. The summed E-state index contributed by atoms with van der Waals surface area (Å²) in [6.45, 7) is 0. The molecule has 0 aliphatic heterocycles. The van der Waals surface area contributed by atoms with E-state index < -0.39 is 0 Å². The first-order valence-electron chi connectivity index (χ1n) is 9.88. The zero-order valence-electron chi connectivity index (χ0n) is 20.6. The van der Waals surface area contributed by atoms with E-state index in [4.69, 9.17) is 28.4 Å². The van der Waals surface area contributed by atoms with E-state index in [1.54, 1.807) is 42.7 Å². The van der Waals surface area contributed by atoms with Gasteiger partial charge >= 0.3 is 0 Å². The Bertz CT molecular complexity index is 1010. The van der Waals surface area contributed by atoms with Gasteiger partial charge in [0.2, 0.25) is 11.5 Å². The molecule has 0 amide bonds. The smallest absolute Gasteiger partial charge is 0.203 e. The zero-order chi connectivity index (χ0) is 24.4. The van der Waals surface area contributed by atoms with Crippen molar-refractivity contribution in [3.63, 3.8) is 0 Å². The van der Waals surface area contributed by atoms with Crippen LogP contribution in [0.3, 0.4) is 0 Å². The largest absolute Gasteiger partial charge is 0.493 e. The van der Waals surface area contributed by atoms with E-state index >= 15 is 0 Å². The predicted octanol–water partition coefficient (Wildman–Crippen LogP) is 7.52. The molecule has 1 unspecified atom stereocenters. The molecule has 3 aromatic rings. The van der Waals surface area contributed by atoms with Crippen LogP contribution in [0.4, 0.5) is 0 Å². The highest BCUT2D eigenvalue weighted by Gasteiger charge is 2.20. The first kappa shape index (κ1) is 33.3. The van der Waals surface area contributed by atoms with Crippen LogP contribution in [-0.4, -0.2) is 42.7 Å². The van der Waals surface area contributed by atoms with Crippen LogP contribution in [0.15, 0.2) is 54.6 Å². The molecule has 10 heteroatoms. The van der Waals surface area contributed by atoms with Crippen LogP contribution < -0.4 is 28.4 Å². The standard InChI is InChI=1S/C18H22O6.C7H6Br2.BrH.H3P/c1-19-13-8-7-12(16(22-4)18(13)24-6)11-9-14(20-2)17(23-5)15(10-11)21-3;8-7(9)6-4-2-1-3-5-6;;/h7-10H,1-6H3;1-5,7H;1H;1H3. The van der Waals surface area contributed by atoms with Crippen molar-refractivity contribution in [2.24, 2.45) is 0 Å². The average molecular weight is 699 g/mol. The quantitative estimate of drug-likeness (QED) is 0.179. The van der Waals surface area contributed by atoms with Gasteiger partial charge in [-0.05, 0) is 35.4 Å². The van der Waals surface area contributed by atoms with Crippen molar-refractivity contribution < 1.29 is 28.4 Å². The Kier molecular flexibility index (Phi) is 16.1. The minimum atomic E-state index is 0. The van der Waals surface area contributed by atoms with Gasteiger partial charge in [0.1, 0.15) is 0 Å². The third kappa shape index (κ3) is 8.45. The molecule has 0 radical (unpaired) electrons. The molecule has 0 aliphatic rings. The lowest BCUT2D eigenvalue weighted by Gasteiger charge is -2.18. The molecule has 0 bridgehead atoms. The van der Waals surface area contributed by atoms with Crippen LogP contribution in [0.25, 0.3) is 11.1 Å². The molecule has 6 nitrogen and oxygen atoms in total. The van der Waals surface area contributed by atoms with Crippen molar-refractivity contribution in [3.8, 4) is 45.6 Å². The Morgan fingerprint density at radius 1 is 0.571 bits per heavy atom. The van der Waals surface area contributed by atoms with E-state index in [9.17, 15) is 0 Å². The van der Waals surface area contributed by atoms with Gasteiger partial charge in [0, 0.05) is 5.56 Å². The summed E-state index contributed by atoms with van der Waals surface area (Å²) >= 11 is 6.80. The molecular weight excluding hydrogens is 667 g/mol. The summed E-state index contributed by atoms with van der Waals surface area (Å²) in [6.07, 6.45) is 0. The maximum absolute atomic E-state index is 5.55. The average Bonchev–Trinajstić information content (AvgIpc) is 2.87. The Morgan fingerprint density at radius 3 is 1.43 bits per heavy atom. The Morgan fingerprint density at radius 2 is 1.06 bits per heavy atom. The topological polar surface area (TPSA) is 55.4 Å². The predicted molar refractivity (Wildman–Crippen MR) is 160 cm³/mol. The minimum Gasteiger partial charge on any atom is -0.493 e.